The third-order valence-electron chi connectivity index (χ3n) is 3.26. The number of halogens is 3. The number of carbonyl (C=O) groups is 2. The molecule has 1 atom stereocenters. The smallest absolute Gasteiger partial charge is 0.307 e. The van der Waals surface area contributed by atoms with E-state index in [2.05, 4.69) is 5.32 Å². The van der Waals surface area contributed by atoms with Crippen LogP contribution in [0, 0.1) is 17.5 Å². The molecule has 0 saturated heterocycles. The van der Waals surface area contributed by atoms with E-state index < -0.39 is 29.6 Å². The molecule has 0 fully saturated rings. The maximum absolute atomic E-state index is 13.5. The van der Waals surface area contributed by atoms with Gasteiger partial charge in [-0.25, -0.2) is 13.2 Å². The molecule has 2 aromatic rings. The molecule has 0 aliphatic rings. The van der Waals surface area contributed by atoms with Gasteiger partial charge in [-0.05, 0) is 43.3 Å². The molecule has 0 saturated carbocycles. The van der Waals surface area contributed by atoms with Gasteiger partial charge in [-0.3, -0.25) is 9.59 Å². The van der Waals surface area contributed by atoms with Crippen molar-refractivity contribution in [2.24, 2.45) is 0 Å². The molecule has 0 aliphatic carbocycles. The second kappa shape index (κ2) is 9.28. The Labute approximate surface area is 152 Å². The highest BCUT2D eigenvalue weighted by Crippen LogP contribution is 2.19. The number of benzene rings is 2. The standard InChI is InChI=1S/C18H16F3NO3S/c1-11(18(24)22-16-7-4-13(20)10-15(16)21)25-17(23)8-9-26-14-5-2-12(19)3-6-14/h2-7,10-11H,8-9H2,1H3,(H,22,24)/t11-/m0/s1. The number of rotatable bonds is 7. The molecule has 4 nitrogen and oxygen atoms in total. The summed E-state index contributed by atoms with van der Waals surface area (Å²) in [6.45, 7) is 1.35. The Bertz CT molecular complexity index is 784. The lowest BCUT2D eigenvalue weighted by atomic mass is 10.2. The number of thioether (sulfide) groups is 1. The fraction of sp³-hybridized carbons (Fsp3) is 0.222. The summed E-state index contributed by atoms with van der Waals surface area (Å²) in [4.78, 5) is 24.5. The zero-order valence-corrected chi connectivity index (χ0v) is 14.6. The molecule has 2 aromatic carbocycles. The molecular formula is C18H16F3NO3S. The van der Waals surface area contributed by atoms with Crippen LogP contribution in [-0.2, 0) is 14.3 Å². The first-order valence-corrected chi connectivity index (χ1v) is 8.67. The summed E-state index contributed by atoms with van der Waals surface area (Å²) in [6.07, 6.45) is -1.09. The third kappa shape index (κ3) is 6.11. The molecule has 0 heterocycles. The van der Waals surface area contributed by atoms with Gasteiger partial charge in [0.15, 0.2) is 6.10 Å². The maximum Gasteiger partial charge on any atom is 0.307 e. The summed E-state index contributed by atoms with van der Waals surface area (Å²) >= 11 is 1.35. The van der Waals surface area contributed by atoms with Crippen molar-refractivity contribution in [3.63, 3.8) is 0 Å². The number of hydrogen-bond acceptors (Lipinski definition) is 4. The first-order chi connectivity index (χ1) is 12.3. The Morgan fingerprint density at radius 2 is 1.73 bits per heavy atom. The third-order valence-corrected chi connectivity index (χ3v) is 4.27. The fourth-order valence-electron chi connectivity index (χ4n) is 1.92. The summed E-state index contributed by atoms with van der Waals surface area (Å²) in [7, 11) is 0. The minimum absolute atomic E-state index is 0.0462. The lowest BCUT2D eigenvalue weighted by Gasteiger charge is -2.14. The molecule has 26 heavy (non-hydrogen) atoms. The molecular weight excluding hydrogens is 367 g/mol. The molecule has 0 radical (unpaired) electrons. The maximum atomic E-state index is 13.5. The van der Waals surface area contributed by atoms with Crippen molar-refractivity contribution in [2.75, 3.05) is 11.1 Å². The van der Waals surface area contributed by atoms with Crippen LogP contribution < -0.4 is 5.32 Å². The average molecular weight is 383 g/mol. The highest BCUT2D eigenvalue weighted by atomic mass is 32.2. The van der Waals surface area contributed by atoms with Crippen LogP contribution in [0.5, 0.6) is 0 Å². The van der Waals surface area contributed by atoms with Gasteiger partial charge in [-0.15, -0.1) is 11.8 Å². The van der Waals surface area contributed by atoms with Gasteiger partial charge in [0, 0.05) is 16.7 Å². The molecule has 8 heteroatoms. The fourth-order valence-corrected chi connectivity index (χ4v) is 2.75. The minimum Gasteiger partial charge on any atom is -0.453 e. The lowest BCUT2D eigenvalue weighted by Crippen LogP contribution is -2.30. The van der Waals surface area contributed by atoms with Gasteiger partial charge < -0.3 is 10.1 Å². The highest BCUT2D eigenvalue weighted by molar-refractivity contribution is 7.99. The molecule has 0 aromatic heterocycles. The number of ether oxygens (including phenoxy) is 1. The van der Waals surface area contributed by atoms with Gasteiger partial charge in [0.2, 0.25) is 0 Å². The Morgan fingerprint density at radius 3 is 2.38 bits per heavy atom. The van der Waals surface area contributed by atoms with Crippen LogP contribution in [0.2, 0.25) is 0 Å². The second-order valence-electron chi connectivity index (χ2n) is 5.30. The molecule has 1 N–H and O–H groups in total. The van der Waals surface area contributed by atoms with Crippen LogP contribution in [0.1, 0.15) is 13.3 Å². The van der Waals surface area contributed by atoms with E-state index >= 15 is 0 Å². The molecule has 138 valence electrons. The quantitative estimate of drug-likeness (QED) is 0.576. The molecule has 0 aliphatic heterocycles. The van der Waals surface area contributed by atoms with Gasteiger partial charge >= 0.3 is 5.97 Å². The Hall–Kier alpha value is -2.48. The van der Waals surface area contributed by atoms with Crippen molar-refractivity contribution in [3.05, 3.63) is 59.9 Å². The second-order valence-corrected chi connectivity index (χ2v) is 6.47. The van der Waals surface area contributed by atoms with Gasteiger partial charge in [-0.1, -0.05) is 0 Å². The van der Waals surface area contributed by atoms with Crippen molar-refractivity contribution in [1.82, 2.24) is 0 Å². The predicted octanol–water partition coefficient (Wildman–Crippen LogP) is 4.16. The SMILES string of the molecule is C[C@H](OC(=O)CCSc1ccc(F)cc1)C(=O)Nc1ccc(F)cc1F. The first kappa shape index (κ1) is 19.8. The van der Waals surface area contributed by atoms with Crippen molar-refractivity contribution < 1.29 is 27.5 Å². The Balaban J connectivity index is 1.76. The van der Waals surface area contributed by atoms with Crippen LogP contribution in [0.3, 0.4) is 0 Å². The average Bonchev–Trinajstić information content (AvgIpc) is 2.59. The zero-order valence-electron chi connectivity index (χ0n) is 13.8. The van der Waals surface area contributed by atoms with E-state index in [0.29, 0.717) is 11.8 Å². The van der Waals surface area contributed by atoms with Crippen LogP contribution in [0.4, 0.5) is 18.9 Å². The van der Waals surface area contributed by atoms with E-state index in [1.807, 2.05) is 0 Å². The summed E-state index contributed by atoms with van der Waals surface area (Å²) in [6, 6.07) is 8.55. The van der Waals surface area contributed by atoms with Crippen molar-refractivity contribution in [2.45, 2.75) is 24.3 Å². The normalized spacial score (nSPS) is 11.7. The minimum atomic E-state index is -1.14. The number of anilines is 1. The van der Waals surface area contributed by atoms with Crippen LogP contribution >= 0.6 is 11.8 Å². The van der Waals surface area contributed by atoms with E-state index in [4.69, 9.17) is 4.74 Å². The summed E-state index contributed by atoms with van der Waals surface area (Å²) in [5.74, 6) is -2.96. The number of amides is 1. The van der Waals surface area contributed by atoms with Crippen LogP contribution in [0.25, 0.3) is 0 Å². The molecule has 2 rings (SSSR count). The molecule has 1 amide bonds. The Kier molecular flexibility index (Phi) is 7.08. The van der Waals surface area contributed by atoms with E-state index in [0.717, 1.165) is 17.0 Å². The molecule has 0 bridgehead atoms. The number of hydrogen-bond donors (Lipinski definition) is 1. The van der Waals surface area contributed by atoms with E-state index in [9.17, 15) is 22.8 Å². The number of nitrogens with one attached hydrogen (secondary N) is 1. The summed E-state index contributed by atoms with van der Waals surface area (Å²) in [5, 5.41) is 2.23. The van der Waals surface area contributed by atoms with E-state index in [1.54, 1.807) is 12.1 Å². The zero-order chi connectivity index (χ0) is 19.1. The van der Waals surface area contributed by atoms with Crippen LogP contribution in [-0.4, -0.2) is 23.7 Å². The van der Waals surface area contributed by atoms with Gasteiger partial charge in [0.1, 0.15) is 17.5 Å². The largest absolute Gasteiger partial charge is 0.453 e. The topological polar surface area (TPSA) is 55.4 Å². The summed E-state index contributed by atoms with van der Waals surface area (Å²) < 4.78 is 44.1. The van der Waals surface area contributed by atoms with Crippen molar-refractivity contribution >= 4 is 29.3 Å². The predicted molar refractivity (Wildman–Crippen MR) is 92.3 cm³/mol. The van der Waals surface area contributed by atoms with Gasteiger partial charge in [-0.2, -0.15) is 0 Å². The highest BCUT2D eigenvalue weighted by Gasteiger charge is 2.19. The van der Waals surface area contributed by atoms with Gasteiger partial charge in [0.05, 0.1) is 12.1 Å². The van der Waals surface area contributed by atoms with E-state index in [1.165, 1.54) is 30.8 Å². The Morgan fingerprint density at radius 1 is 1.08 bits per heavy atom. The van der Waals surface area contributed by atoms with Gasteiger partial charge in [0.25, 0.3) is 5.91 Å². The van der Waals surface area contributed by atoms with Crippen molar-refractivity contribution in [3.8, 4) is 0 Å². The number of esters is 1. The van der Waals surface area contributed by atoms with Crippen LogP contribution in [0.15, 0.2) is 47.4 Å². The van der Waals surface area contributed by atoms with E-state index in [-0.39, 0.29) is 17.9 Å². The first-order valence-electron chi connectivity index (χ1n) is 7.69. The summed E-state index contributed by atoms with van der Waals surface area (Å²) in [5.41, 5.74) is -0.203. The number of carbonyl (C=O) groups excluding carboxylic acids is 2. The monoisotopic (exact) mass is 383 g/mol. The molecule has 0 unspecified atom stereocenters. The lowest BCUT2D eigenvalue weighted by molar-refractivity contribution is -0.152. The molecule has 0 spiro atoms. The van der Waals surface area contributed by atoms with Crippen molar-refractivity contribution in [1.29, 1.82) is 0 Å².